The van der Waals surface area contributed by atoms with Gasteiger partial charge in [0.15, 0.2) is 0 Å². The second kappa shape index (κ2) is 8.37. The summed E-state index contributed by atoms with van der Waals surface area (Å²) in [6.07, 6.45) is -1.08. The summed E-state index contributed by atoms with van der Waals surface area (Å²) >= 11 is 0. The fourth-order valence-corrected chi connectivity index (χ4v) is 5.18. The number of fused-ring (bicyclic) bond motifs is 2. The number of carbonyl (C=O) groups excluding carboxylic acids is 2. The number of pyridine rings is 1. The van der Waals surface area contributed by atoms with Crippen LogP contribution in [0.5, 0.6) is 0 Å². The minimum atomic E-state index is -4.38. The van der Waals surface area contributed by atoms with E-state index in [4.69, 9.17) is 0 Å². The van der Waals surface area contributed by atoms with Crippen molar-refractivity contribution in [2.24, 2.45) is 5.92 Å². The van der Waals surface area contributed by atoms with Gasteiger partial charge in [0, 0.05) is 23.4 Å². The lowest BCUT2D eigenvalue weighted by Gasteiger charge is -2.30. The Kier molecular flexibility index (Phi) is 6.00. The van der Waals surface area contributed by atoms with E-state index in [0.29, 0.717) is 25.0 Å². The number of benzene rings is 1. The molecule has 6 heteroatoms. The molecule has 0 saturated carbocycles. The van der Waals surface area contributed by atoms with E-state index in [1.54, 1.807) is 13.0 Å². The van der Waals surface area contributed by atoms with Crippen molar-refractivity contribution >= 4 is 11.6 Å². The van der Waals surface area contributed by atoms with E-state index >= 15 is 0 Å². The van der Waals surface area contributed by atoms with Gasteiger partial charge in [0.1, 0.15) is 17.0 Å². The lowest BCUT2D eigenvalue weighted by atomic mass is 9.77. The minimum absolute atomic E-state index is 0.0186. The van der Waals surface area contributed by atoms with Gasteiger partial charge in [-0.2, -0.15) is 13.2 Å². The molecule has 2 aliphatic carbocycles. The number of aromatic nitrogens is 1. The highest BCUT2D eigenvalue weighted by molar-refractivity contribution is 5.89. The van der Waals surface area contributed by atoms with Gasteiger partial charge >= 0.3 is 6.18 Å². The third-order valence-corrected chi connectivity index (χ3v) is 7.68. The van der Waals surface area contributed by atoms with E-state index < -0.39 is 11.6 Å². The number of hydrogen-bond donors (Lipinski definition) is 0. The van der Waals surface area contributed by atoms with Crippen molar-refractivity contribution in [3.05, 3.63) is 64.0 Å². The molecule has 0 spiro atoms. The number of halogens is 3. The molecule has 0 fully saturated rings. The molecule has 0 radical (unpaired) electrons. The largest absolute Gasteiger partial charge is 0.399 e. The van der Waals surface area contributed by atoms with Crippen LogP contribution in [-0.2, 0) is 34.3 Å². The molecule has 0 amide bonds. The molecule has 1 aromatic carbocycles. The number of carbonyl (C=O) groups is 2. The lowest BCUT2D eigenvalue weighted by molar-refractivity contribution is -0.181. The minimum Gasteiger partial charge on any atom is -0.299 e. The fraction of sp³-hybridized carbons (Fsp3) is 0.519. The zero-order valence-corrected chi connectivity index (χ0v) is 19.6. The van der Waals surface area contributed by atoms with Gasteiger partial charge in [-0.25, -0.2) is 0 Å². The van der Waals surface area contributed by atoms with Crippen LogP contribution >= 0.6 is 0 Å². The van der Waals surface area contributed by atoms with Gasteiger partial charge in [0.2, 0.25) is 0 Å². The molecular weight excluding hydrogens is 427 g/mol. The maximum absolute atomic E-state index is 13.4. The molecular formula is C27H30F3NO2. The molecule has 176 valence electrons. The predicted octanol–water partition coefficient (Wildman–Crippen LogP) is 6.02. The van der Waals surface area contributed by atoms with E-state index in [0.717, 1.165) is 43.4 Å². The average molecular weight is 458 g/mol. The molecule has 2 aromatic rings. The Labute approximate surface area is 192 Å². The highest BCUT2D eigenvalue weighted by Gasteiger charge is 2.49. The number of nitrogens with zero attached hydrogens (tertiary/aromatic N) is 1. The van der Waals surface area contributed by atoms with Crippen LogP contribution in [0.1, 0.15) is 86.0 Å². The first kappa shape index (κ1) is 23.7. The maximum Gasteiger partial charge on any atom is 0.399 e. The summed E-state index contributed by atoms with van der Waals surface area (Å²) < 4.78 is 40.3. The molecule has 0 bridgehead atoms. The lowest BCUT2D eigenvalue weighted by Crippen LogP contribution is -2.37. The summed E-state index contributed by atoms with van der Waals surface area (Å²) in [5, 5.41) is 0. The van der Waals surface area contributed by atoms with Crippen LogP contribution in [0.25, 0.3) is 0 Å². The Morgan fingerprint density at radius 1 is 1.03 bits per heavy atom. The molecule has 3 atom stereocenters. The van der Waals surface area contributed by atoms with Gasteiger partial charge in [0.25, 0.3) is 0 Å². The van der Waals surface area contributed by atoms with E-state index in [1.165, 1.54) is 11.6 Å². The molecule has 1 heterocycles. The van der Waals surface area contributed by atoms with Crippen molar-refractivity contribution in [1.29, 1.82) is 0 Å². The Balaban J connectivity index is 1.52. The first-order chi connectivity index (χ1) is 15.4. The standard InChI is InChI=1S/C27H30F3NO2/c1-15(18-6-5-17-7-10-21(16(2)32)22(17)14-18)25(33)20-8-11-23-19(13-20)9-12-24(31-23)26(3,4)27(28,29)30/h5-6,9,12,14-15,20-21H,7-8,10-11,13H2,1-4H3/t15-,20+,21?/m0/s1. The third kappa shape index (κ3) is 4.24. The molecule has 0 aliphatic heterocycles. The third-order valence-electron chi connectivity index (χ3n) is 7.68. The number of Topliss-reactive ketones (excluding diaryl/α,β-unsaturated/α-hetero) is 2. The van der Waals surface area contributed by atoms with Crippen LogP contribution in [0.4, 0.5) is 13.2 Å². The summed E-state index contributed by atoms with van der Waals surface area (Å²) in [7, 11) is 0. The van der Waals surface area contributed by atoms with Crippen molar-refractivity contribution in [2.75, 3.05) is 0 Å². The van der Waals surface area contributed by atoms with E-state index in [9.17, 15) is 22.8 Å². The molecule has 4 rings (SSSR count). The fourth-order valence-electron chi connectivity index (χ4n) is 5.18. The first-order valence-corrected chi connectivity index (χ1v) is 11.6. The molecule has 3 nitrogen and oxygen atoms in total. The number of aryl methyl sites for hydroxylation is 2. The SMILES string of the molecule is CC(=O)C1CCc2ccc([C@H](C)C(=O)[C@@H]3CCc4nc(C(C)(C)C(F)(F)F)ccc4C3)cc21. The smallest absolute Gasteiger partial charge is 0.299 e. The van der Waals surface area contributed by atoms with Crippen molar-refractivity contribution in [3.63, 3.8) is 0 Å². The van der Waals surface area contributed by atoms with Crippen molar-refractivity contribution in [3.8, 4) is 0 Å². The number of rotatable bonds is 5. The van der Waals surface area contributed by atoms with Gasteiger partial charge < -0.3 is 0 Å². The quantitative estimate of drug-likeness (QED) is 0.552. The zero-order chi connectivity index (χ0) is 24.1. The number of hydrogen-bond acceptors (Lipinski definition) is 3. The van der Waals surface area contributed by atoms with Crippen LogP contribution in [0.2, 0.25) is 0 Å². The maximum atomic E-state index is 13.4. The van der Waals surface area contributed by atoms with Crippen molar-refractivity contribution < 1.29 is 22.8 Å². The van der Waals surface area contributed by atoms with Gasteiger partial charge in [-0.15, -0.1) is 0 Å². The summed E-state index contributed by atoms with van der Waals surface area (Å²) in [6, 6.07) is 9.23. The van der Waals surface area contributed by atoms with Crippen molar-refractivity contribution in [2.45, 2.75) is 83.2 Å². The second-order valence-electron chi connectivity index (χ2n) is 10.1. The molecule has 1 unspecified atom stereocenters. The van der Waals surface area contributed by atoms with E-state index in [-0.39, 0.29) is 35.0 Å². The Morgan fingerprint density at radius 3 is 2.39 bits per heavy atom. The van der Waals surface area contributed by atoms with Crippen LogP contribution in [-0.4, -0.2) is 22.7 Å². The molecule has 33 heavy (non-hydrogen) atoms. The highest BCUT2D eigenvalue weighted by atomic mass is 19.4. The number of alkyl halides is 3. The first-order valence-electron chi connectivity index (χ1n) is 11.6. The topological polar surface area (TPSA) is 47.0 Å². The van der Waals surface area contributed by atoms with Gasteiger partial charge in [-0.1, -0.05) is 31.2 Å². The van der Waals surface area contributed by atoms with Crippen LogP contribution in [0.15, 0.2) is 30.3 Å². The highest BCUT2D eigenvalue weighted by Crippen LogP contribution is 2.41. The summed E-state index contributed by atoms with van der Waals surface area (Å²) in [5.74, 6) is -0.267. The molecule has 2 aliphatic rings. The predicted molar refractivity (Wildman–Crippen MR) is 120 cm³/mol. The monoisotopic (exact) mass is 457 g/mol. The zero-order valence-electron chi connectivity index (χ0n) is 19.6. The van der Waals surface area contributed by atoms with Gasteiger partial charge in [0.05, 0.1) is 5.69 Å². The van der Waals surface area contributed by atoms with Crippen molar-refractivity contribution in [1.82, 2.24) is 4.98 Å². The molecule has 1 aromatic heterocycles. The van der Waals surface area contributed by atoms with Gasteiger partial charge in [-0.05, 0) is 81.2 Å². The Bertz CT molecular complexity index is 1100. The molecule has 0 N–H and O–H groups in total. The average Bonchev–Trinajstić information content (AvgIpc) is 3.20. The van der Waals surface area contributed by atoms with E-state index in [1.807, 2.05) is 25.1 Å². The van der Waals surface area contributed by atoms with Crippen LogP contribution in [0.3, 0.4) is 0 Å². The normalized spacial score (nSPS) is 21.3. The van der Waals surface area contributed by atoms with Crippen LogP contribution in [0, 0.1) is 5.92 Å². The summed E-state index contributed by atoms with van der Waals surface area (Å²) in [6.45, 7) is 5.82. The summed E-state index contributed by atoms with van der Waals surface area (Å²) in [5.41, 5.74) is 2.70. The summed E-state index contributed by atoms with van der Waals surface area (Å²) in [4.78, 5) is 29.7. The Hall–Kier alpha value is -2.50. The molecule has 0 saturated heterocycles. The van der Waals surface area contributed by atoms with Crippen LogP contribution < -0.4 is 0 Å². The number of ketones is 2. The van der Waals surface area contributed by atoms with E-state index in [2.05, 4.69) is 4.98 Å². The van der Waals surface area contributed by atoms with Gasteiger partial charge in [-0.3, -0.25) is 14.6 Å². The Morgan fingerprint density at radius 2 is 1.73 bits per heavy atom. The second-order valence-corrected chi connectivity index (χ2v) is 10.1.